The second-order valence-electron chi connectivity index (χ2n) is 15.6. The first-order valence-electron chi connectivity index (χ1n) is 20.6. The monoisotopic (exact) mass is 763 g/mol. The molecule has 0 amide bonds. The molecule has 0 fully saturated rings. The van der Waals surface area contributed by atoms with Crippen LogP contribution in [0.25, 0.3) is 98.4 Å². The Hall–Kier alpha value is -7.94. The number of anilines is 3. The fourth-order valence-corrected chi connectivity index (χ4v) is 9.60. The van der Waals surface area contributed by atoms with Crippen molar-refractivity contribution in [3.8, 4) is 33.4 Å². The lowest BCUT2D eigenvalue weighted by Gasteiger charge is -2.29. The van der Waals surface area contributed by atoms with Crippen LogP contribution in [-0.2, 0) is 0 Å². The van der Waals surface area contributed by atoms with Gasteiger partial charge in [-0.25, -0.2) is 0 Å². The summed E-state index contributed by atoms with van der Waals surface area (Å²) in [6.07, 6.45) is 0. The molecule has 0 radical (unpaired) electrons. The van der Waals surface area contributed by atoms with Gasteiger partial charge >= 0.3 is 0 Å². The van der Waals surface area contributed by atoms with Gasteiger partial charge in [0.25, 0.3) is 0 Å². The van der Waals surface area contributed by atoms with Gasteiger partial charge < -0.3 is 9.32 Å². The van der Waals surface area contributed by atoms with Crippen molar-refractivity contribution in [2.45, 2.75) is 0 Å². The number of hydrogen-bond donors (Lipinski definition) is 0. The van der Waals surface area contributed by atoms with Crippen LogP contribution in [0, 0.1) is 0 Å². The maximum Gasteiger partial charge on any atom is 0.159 e. The van der Waals surface area contributed by atoms with E-state index in [1.54, 1.807) is 0 Å². The van der Waals surface area contributed by atoms with Crippen molar-refractivity contribution < 1.29 is 4.42 Å². The van der Waals surface area contributed by atoms with Gasteiger partial charge in [-0.2, -0.15) is 0 Å². The van der Waals surface area contributed by atoms with E-state index in [0.29, 0.717) is 0 Å². The zero-order valence-electron chi connectivity index (χ0n) is 32.7. The molecule has 60 heavy (non-hydrogen) atoms. The maximum absolute atomic E-state index is 6.81. The number of fused-ring (bicyclic) bond motifs is 9. The van der Waals surface area contributed by atoms with E-state index in [1.165, 1.54) is 65.3 Å². The Bertz CT molecular complexity index is 3600. The fraction of sp³-hybridized carbons (Fsp3) is 0. The van der Waals surface area contributed by atoms with Crippen LogP contribution in [0.2, 0.25) is 0 Å². The molecule has 0 bridgehead atoms. The minimum Gasteiger partial charge on any atom is -0.454 e. The Kier molecular flexibility index (Phi) is 7.89. The Morgan fingerprint density at radius 3 is 1.62 bits per heavy atom. The van der Waals surface area contributed by atoms with Crippen LogP contribution in [0.15, 0.2) is 229 Å². The van der Waals surface area contributed by atoms with Crippen molar-refractivity contribution in [2.24, 2.45) is 0 Å². The van der Waals surface area contributed by atoms with Crippen LogP contribution in [-0.4, -0.2) is 0 Å². The second kappa shape index (κ2) is 13.9. The number of rotatable bonds is 6. The van der Waals surface area contributed by atoms with Crippen LogP contribution >= 0.6 is 0 Å². The summed E-state index contributed by atoms with van der Waals surface area (Å²) in [6, 6.07) is 81.3. The normalized spacial score (nSPS) is 11.7. The predicted molar refractivity (Wildman–Crippen MR) is 255 cm³/mol. The smallest absolute Gasteiger partial charge is 0.159 e. The van der Waals surface area contributed by atoms with Crippen molar-refractivity contribution in [1.82, 2.24) is 0 Å². The third kappa shape index (κ3) is 5.35. The molecule has 1 heterocycles. The van der Waals surface area contributed by atoms with Crippen molar-refractivity contribution in [3.63, 3.8) is 0 Å². The first kappa shape index (κ1) is 34.1. The Morgan fingerprint density at radius 1 is 0.283 bits per heavy atom. The van der Waals surface area contributed by atoms with Crippen LogP contribution in [0.5, 0.6) is 0 Å². The van der Waals surface area contributed by atoms with Crippen molar-refractivity contribution >= 4 is 82.1 Å². The van der Waals surface area contributed by atoms with Gasteiger partial charge in [-0.05, 0) is 95.9 Å². The summed E-state index contributed by atoms with van der Waals surface area (Å²) in [5.74, 6) is 0. The molecule has 0 spiro atoms. The molecule has 280 valence electrons. The number of furan rings is 1. The van der Waals surface area contributed by atoms with Gasteiger partial charge in [0.15, 0.2) is 5.58 Å². The van der Waals surface area contributed by atoms with Gasteiger partial charge in [-0.15, -0.1) is 0 Å². The Labute approximate surface area is 347 Å². The first-order valence-corrected chi connectivity index (χ1v) is 20.6. The molecule has 0 atom stereocenters. The van der Waals surface area contributed by atoms with Gasteiger partial charge in [0.2, 0.25) is 0 Å². The summed E-state index contributed by atoms with van der Waals surface area (Å²) in [7, 11) is 0. The minimum atomic E-state index is 0.857. The van der Waals surface area contributed by atoms with E-state index in [-0.39, 0.29) is 0 Å². The lowest BCUT2D eigenvalue weighted by Crippen LogP contribution is -2.12. The summed E-state index contributed by atoms with van der Waals surface area (Å²) >= 11 is 0. The van der Waals surface area contributed by atoms with Gasteiger partial charge in [0.05, 0.1) is 17.1 Å². The summed E-state index contributed by atoms with van der Waals surface area (Å²) < 4.78 is 6.81. The number of hydrogen-bond acceptors (Lipinski definition) is 2. The summed E-state index contributed by atoms with van der Waals surface area (Å²) in [5, 5.41) is 12.0. The fourth-order valence-electron chi connectivity index (χ4n) is 9.60. The van der Waals surface area contributed by atoms with Crippen molar-refractivity contribution in [1.29, 1.82) is 0 Å². The van der Waals surface area contributed by atoms with Crippen molar-refractivity contribution in [3.05, 3.63) is 224 Å². The first-order chi connectivity index (χ1) is 29.8. The SMILES string of the molecule is c1ccc(-c2c(-c3ccccc3)c3cc(-c4ccccc4N(c4cccc5c4ccc4ccccc45)c4cccc5c4oc4ccccc45)ccc3c3ccccc23)cc1. The summed E-state index contributed by atoms with van der Waals surface area (Å²) in [4.78, 5) is 2.43. The standard InChI is InChI=1S/C58H37NO/c1-3-18-39(19-4-1)56-49-26-10-9-24-45(49)46-35-34-41(37-51(46)57(56)40-20-5-2-6-21-40)43-23-11-13-29-52(43)59(54-31-16-28-50-48-25-12-14-32-55(48)60-58(50)54)53-30-15-27-44-42-22-8-7-17-38(42)33-36-47(44)53/h1-37H. The Balaban J connectivity index is 1.17. The highest BCUT2D eigenvalue weighted by Crippen LogP contribution is 2.50. The van der Waals surface area contributed by atoms with E-state index >= 15 is 0 Å². The molecule has 0 aliphatic carbocycles. The zero-order chi connectivity index (χ0) is 39.6. The highest BCUT2D eigenvalue weighted by atomic mass is 16.3. The van der Waals surface area contributed by atoms with E-state index in [9.17, 15) is 0 Å². The van der Waals surface area contributed by atoms with Gasteiger partial charge in [-0.1, -0.05) is 194 Å². The van der Waals surface area contributed by atoms with Gasteiger partial charge in [-0.3, -0.25) is 0 Å². The van der Waals surface area contributed by atoms with Crippen LogP contribution in [0.1, 0.15) is 0 Å². The lowest BCUT2D eigenvalue weighted by molar-refractivity contribution is 0.669. The van der Waals surface area contributed by atoms with Crippen molar-refractivity contribution in [2.75, 3.05) is 4.90 Å². The number of benzene rings is 11. The molecule has 0 saturated carbocycles. The van der Waals surface area contributed by atoms with Crippen LogP contribution in [0.3, 0.4) is 0 Å². The quantitative estimate of drug-likeness (QED) is 0.157. The van der Waals surface area contributed by atoms with E-state index in [0.717, 1.165) is 50.1 Å². The van der Waals surface area contributed by atoms with Gasteiger partial charge in [0, 0.05) is 21.7 Å². The average Bonchev–Trinajstić information content (AvgIpc) is 3.71. The summed E-state index contributed by atoms with van der Waals surface area (Å²) in [5.41, 5.74) is 12.0. The van der Waals surface area contributed by atoms with Crippen LogP contribution < -0.4 is 4.90 Å². The molecular weight excluding hydrogens is 727 g/mol. The number of para-hydroxylation sites is 3. The molecular formula is C58H37NO. The highest BCUT2D eigenvalue weighted by Gasteiger charge is 2.25. The van der Waals surface area contributed by atoms with Crippen LogP contribution in [0.4, 0.5) is 17.1 Å². The number of nitrogens with zero attached hydrogens (tertiary/aromatic N) is 1. The molecule has 0 aliphatic heterocycles. The third-order valence-corrected chi connectivity index (χ3v) is 12.2. The van der Waals surface area contributed by atoms with E-state index < -0.39 is 0 Å². The van der Waals surface area contributed by atoms with E-state index in [1.807, 2.05) is 6.07 Å². The third-order valence-electron chi connectivity index (χ3n) is 12.2. The molecule has 0 aliphatic rings. The molecule has 12 rings (SSSR count). The second-order valence-corrected chi connectivity index (χ2v) is 15.6. The minimum absolute atomic E-state index is 0.857. The molecule has 2 heteroatoms. The molecule has 1 aromatic heterocycles. The molecule has 0 saturated heterocycles. The highest BCUT2D eigenvalue weighted by molar-refractivity contribution is 6.22. The van der Waals surface area contributed by atoms with E-state index in [4.69, 9.17) is 4.42 Å². The zero-order valence-corrected chi connectivity index (χ0v) is 32.7. The van der Waals surface area contributed by atoms with E-state index in [2.05, 4.69) is 223 Å². The molecule has 2 nitrogen and oxygen atoms in total. The lowest BCUT2D eigenvalue weighted by atomic mass is 9.84. The molecule has 0 unspecified atom stereocenters. The topological polar surface area (TPSA) is 16.4 Å². The largest absolute Gasteiger partial charge is 0.454 e. The Morgan fingerprint density at radius 2 is 0.817 bits per heavy atom. The molecule has 11 aromatic carbocycles. The molecule has 0 N–H and O–H groups in total. The summed E-state index contributed by atoms with van der Waals surface area (Å²) in [6.45, 7) is 0. The predicted octanol–water partition coefficient (Wildman–Crippen LogP) is 16.7. The maximum atomic E-state index is 6.81. The molecule has 12 aromatic rings. The van der Waals surface area contributed by atoms with Gasteiger partial charge in [0.1, 0.15) is 5.58 Å². The average molecular weight is 764 g/mol.